The molecule has 1 aromatic carbocycles. The number of aromatic amines is 1. The van der Waals surface area contributed by atoms with E-state index in [1.165, 1.54) is 11.1 Å². The summed E-state index contributed by atoms with van der Waals surface area (Å²) in [6.07, 6.45) is 1.86. The number of hydrogen-bond donors (Lipinski definition) is 2. The van der Waals surface area contributed by atoms with Crippen molar-refractivity contribution >= 4 is 16.8 Å². The van der Waals surface area contributed by atoms with E-state index >= 15 is 0 Å². The van der Waals surface area contributed by atoms with E-state index in [-0.39, 0.29) is 18.6 Å². The maximum absolute atomic E-state index is 12.6. The average molecular weight is 272 g/mol. The number of nitrogens with one attached hydrogen (secondary N) is 1. The Morgan fingerprint density at radius 3 is 3.00 bits per heavy atom. The number of H-pyrrole nitrogens is 1. The summed E-state index contributed by atoms with van der Waals surface area (Å²) in [5.74, 6) is -0.00481. The van der Waals surface area contributed by atoms with Gasteiger partial charge in [0.25, 0.3) is 5.91 Å². The Labute approximate surface area is 118 Å². The molecule has 1 atom stereocenters. The summed E-state index contributed by atoms with van der Waals surface area (Å²) in [4.78, 5) is 17.6. The van der Waals surface area contributed by atoms with Gasteiger partial charge in [-0.25, -0.2) is 0 Å². The van der Waals surface area contributed by atoms with Gasteiger partial charge in [-0.3, -0.25) is 4.79 Å². The van der Waals surface area contributed by atoms with Crippen LogP contribution < -0.4 is 0 Å². The second kappa shape index (κ2) is 4.94. The number of benzene rings is 1. The fourth-order valence-corrected chi connectivity index (χ4v) is 3.02. The highest BCUT2D eigenvalue weighted by Gasteiger charge is 2.29. The predicted octanol–water partition coefficient (Wildman–Crippen LogP) is 2.38. The first-order valence-corrected chi connectivity index (χ1v) is 7.12. The lowest BCUT2D eigenvalue weighted by atomic mass is 10.1. The monoisotopic (exact) mass is 272 g/mol. The van der Waals surface area contributed by atoms with Gasteiger partial charge in [0.2, 0.25) is 0 Å². The Balaban J connectivity index is 1.98. The van der Waals surface area contributed by atoms with Crippen LogP contribution in [0, 0.1) is 13.8 Å². The first-order chi connectivity index (χ1) is 9.61. The third-order valence-corrected chi connectivity index (χ3v) is 4.42. The minimum absolute atomic E-state index is 0.00481. The van der Waals surface area contributed by atoms with Crippen LogP contribution in [0.5, 0.6) is 0 Å². The van der Waals surface area contributed by atoms with E-state index in [0.29, 0.717) is 5.69 Å². The molecule has 2 heterocycles. The van der Waals surface area contributed by atoms with Crippen LogP contribution in [0.15, 0.2) is 18.2 Å². The molecule has 2 aromatic rings. The molecule has 1 fully saturated rings. The molecule has 1 aliphatic heterocycles. The molecule has 0 bridgehead atoms. The highest BCUT2D eigenvalue weighted by atomic mass is 16.3. The molecule has 20 heavy (non-hydrogen) atoms. The molecule has 4 nitrogen and oxygen atoms in total. The van der Waals surface area contributed by atoms with Crippen LogP contribution in [0.4, 0.5) is 0 Å². The van der Waals surface area contributed by atoms with E-state index in [0.717, 1.165) is 30.3 Å². The topological polar surface area (TPSA) is 56.3 Å². The SMILES string of the molecule is Cc1ccc2[nH]c(C(=O)N3CCC[C@@H]3CO)cc2c1C. The van der Waals surface area contributed by atoms with Crippen LogP contribution in [0.3, 0.4) is 0 Å². The number of rotatable bonds is 2. The minimum atomic E-state index is -0.0308. The summed E-state index contributed by atoms with van der Waals surface area (Å²) in [6, 6.07) is 5.99. The fraction of sp³-hybridized carbons (Fsp3) is 0.438. The van der Waals surface area contributed by atoms with Crippen molar-refractivity contribution in [2.24, 2.45) is 0 Å². The number of aliphatic hydroxyl groups excluding tert-OH is 1. The summed E-state index contributed by atoms with van der Waals surface area (Å²) in [5.41, 5.74) is 4.05. The van der Waals surface area contributed by atoms with Gasteiger partial charge in [0.1, 0.15) is 5.69 Å². The minimum Gasteiger partial charge on any atom is -0.394 e. The zero-order valence-electron chi connectivity index (χ0n) is 11.9. The lowest BCUT2D eigenvalue weighted by Gasteiger charge is -2.22. The van der Waals surface area contributed by atoms with Crippen molar-refractivity contribution in [3.63, 3.8) is 0 Å². The molecule has 1 amide bonds. The molecule has 0 radical (unpaired) electrons. The second-order valence-electron chi connectivity index (χ2n) is 5.63. The van der Waals surface area contributed by atoms with Crippen molar-refractivity contribution in [1.82, 2.24) is 9.88 Å². The van der Waals surface area contributed by atoms with Gasteiger partial charge in [-0.1, -0.05) is 6.07 Å². The molecular formula is C16H20N2O2. The van der Waals surface area contributed by atoms with Crippen molar-refractivity contribution in [1.29, 1.82) is 0 Å². The summed E-state index contributed by atoms with van der Waals surface area (Å²) in [6.45, 7) is 4.93. The van der Waals surface area contributed by atoms with E-state index < -0.39 is 0 Å². The molecule has 0 unspecified atom stereocenters. The standard InChI is InChI=1S/C16H20N2O2/c1-10-5-6-14-13(11(10)2)8-15(17-14)16(20)18-7-3-4-12(18)9-19/h5-6,8,12,17,19H,3-4,7,9H2,1-2H3/t12-/m1/s1. The van der Waals surface area contributed by atoms with Crippen LogP contribution in [0.1, 0.15) is 34.5 Å². The van der Waals surface area contributed by atoms with E-state index in [4.69, 9.17) is 0 Å². The molecule has 1 aliphatic rings. The van der Waals surface area contributed by atoms with Gasteiger partial charge in [-0.15, -0.1) is 0 Å². The molecule has 0 aliphatic carbocycles. The molecule has 4 heteroatoms. The van der Waals surface area contributed by atoms with E-state index in [1.54, 1.807) is 4.90 Å². The number of likely N-dealkylation sites (tertiary alicyclic amines) is 1. The van der Waals surface area contributed by atoms with E-state index in [9.17, 15) is 9.90 Å². The molecule has 1 saturated heterocycles. The number of amides is 1. The van der Waals surface area contributed by atoms with Gasteiger partial charge in [0.05, 0.1) is 12.6 Å². The Morgan fingerprint density at radius 2 is 2.25 bits per heavy atom. The van der Waals surface area contributed by atoms with Crippen LogP contribution >= 0.6 is 0 Å². The summed E-state index contributed by atoms with van der Waals surface area (Å²) in [5, 5.41) is 10.5. The molecule has 0 spiro atoms. The van der Waals surface area contributed by atoms with Gasteiger partial charge in [-0.2, -0.15) is 0 Å². The van der Waals surface area contributed by atoms with Crippen LogP contribution in [0.2, 0.25) is 0 Å². The Hall–Kier alpha value is -1.81. The first kappa shape index (κ1) is 13.2. The summed E-state index contributed by atoms with van der Waals surface area (Å²) < 4.78 is 0. The Bertz CT molecular complexity index is 660. The molecule has 3 rings (SSSR count). The first-order valence-electron chi connectivity index (χ1n) is 7.12. The Morgan fingerprint density at radius 1 is 1.45 bits per heavy atom. The highest BCUT2D eigenvalue weighted by Crippen LogP contribution is 2.25. The number of aromatic nitrogens is 1. The van der Waals surface area contributed by atoms with Gasteiger partial charge >= 0.3 is 0 Å². The van der Waals surface area contributed by atoms with Crippen molar-refractivity contribution in [3.05, 3.63) is 35.0 Å². The average Bonchev–Trinajstić information content (AvgIpc) is 3.08. The number of carbonyl (C=O) groups is 1. The van der Waals surface area contributed by atoms with Gasteiger partial charge in [0.15, 0.2) is 0 Å². The van der Waals surface area contributed by atoms with Crippen molar-refractivity contribution < 1.29 is 9.90 Å². The van der Waals surface area contributed by atoms with Crippen molar-refractivity contribution in [2.45, 2.75) is 32.7 Å². The molecule has 1 aromatic heterocycles. The van der Waals surface area contributed by atoms with E-state index in [2.05, 4.69) is 24.9 Å². The zero-order chi connectivity index (χ0) is 14.3. The number of aryl methyl sites for hydroxylation is 2. The predicted molar refractivity (Wildman–Crippen MR) is 78.9 cm³/mol. The van der Waals surface area contributed by atoms with Gasteiger partial charge in [-0.05, 0) is 49.9 Å². The number of fused-ring (bicyclic) bond motifs is 1. The molecule has 0 saturated carbocycles. The number of nitrogens with zero attached hydrogens (tertiary/aromatic N) is 1. The molecule has 2 N–H and O–H groups in total. The fourth-order valence-electron chi connectivity index (χ4n) is 3.02. The van der Waals surface area contributed by atoms with Crippen LogP contribution in [0.25, 0.3) is 10.9 Å². The highest BCUT2D eigenvalue weighted by molar-refractivity contribution is 5.99. The van der Waals surface area contributed by atoms with Gasteiger partial charge in [0, 0.05) is 17.4 Å². The number of hydrogen-bond acceptors (Lipinski definition) is 2. The normalized spacial score (nSPS) is 18.9. The van der Waals surface area contributed by atoms with Crippen molar-refractivity contribution in [2.75, 3.05) is 13.2 Å². The van der Waals surface area contributed by atoms with Crippen LogP contribution in [-0.2, 0) is 0 Å². The van der Waals surface area contributed by atoms with Crippen LogP contribution in [-0.4, -0.2) is 40.1 Å². The number of aliphatic hydroxyl groups is 1. The second-order valence-corrected chi connectivity index (χ2v) is 5.63. The maximum atomic E-state index is 12.6. The lowest BCUT2D eigenvalue weighted by molar-refractivity contribution is 0.0672. The Kier molecular flexibility index (Phi) is 3.26. The zero-order valence-corrected chi connectivity index (χ0v) is 11.9. The maximum Gasteiger partial charge on any atom is 0.270 e. The summed E-state index contributed by atoms with van der Waals surface area (Å²) in [7, 11) is 0. The quantitative estimate of drug-likeness (QED) is 0.882. The molecule has 106 valence electrons. The molecular weight excluding hydrogens is 252 g/mol. The van der Waals surface area contributed by atoms with Gasteiger partial charge < -0.3 is 15.0 Å². The number of carbonyl (C=O) groups excluding carboxylic acids is 1. The largest absolute Gasteiger partial charge is 0.394 e. The summed E-state index contributed by atoms with van der Waals surface area (Å²) >= 11 is 0. The van der Waals surface area contributed by atoms with E-state index in [1.807, 2.05) is 12.1 Å². The smallest absolute Gasteiger partial charge is 0.270 e. The third-order valence-electron chi connectivity index (χ3n) is 4.42. The lowest BCUT2D eigenvalue weighted by Crippen LogP contribution is -2.37. The third kappa shape index (κ3) is 2.00. The van der Waals surface area contributed by atoms with Crippen molar-refractivity contribution in [3.8, 4) is 0 Å².